The van der Waals surface area contributed by atoms with E-state index in [4.69, 9.17) is 23.2 Å². The van der Waals surface area contributed by atoms with Gasteiger partial charge in [0.15, 0.2) is 0 Å². The Morgan fingerprint density at radius 3 is 2.26 bits per heavy atom. The van der Waals surface area contributed by atoms with Crippen molar-refractivity contribution in [2.45, 2.75) is 37.0 Å². The highest BCUT2D eigenvalue weighted by molar-refractivity contribution is 7.92. The largest absolute Gasteiger partial charge is 0.326 e. The lowest BCUT2D eigenvalue weighted by Crippen LogP contribution is -2.24. The molecule has 0 bridgehead atoms. The third-order valence-electron chi connectivity index (χ3n) is 4.58. The number of sulfonamides is 1. The molecule has 3 rings (SSSR count). The van der Waals surface area contributed by atoms with E-state index < -0.39 is 10.0 Å². The summed E-state index contributed by atoms with van der Waals surface area (Å²) in [6.07, 6.45) is 5.15. The molecule has 0 saturated heterocycles. The number of halogens is 2. The van der Waals surface area contributed by atoms with E-state index in [1.54, 1.807) is 18.2 Å². The summed E-state index contributed by atoms with van der Waals surface area (Å²) in [5, 5.41) is 3.49. The first-order valence-electron chi connectivity index (χ1n) is 8.74. The maximum atomic E-state index is 12.5. The Hall–Kier alpha value is -1.76. The van der Waals surface area contributed by atoms with E-state index in [1.807, 2.05) is 0 Å². The van der Waals surface area contributed by atoms with Gasteiger partial charge >= 0.3 is 0 Å². The number of hydrogen-bond donors (Lipinski definition) is 2. The Labute approximate surface area is 169 Å². The fourth-order valence-electron chi connectivity index (χ4n) is 3.10. The molecule has 0 atom stereocenters. The molecule has 0 aliphatic heterocycles. The summed E-state index contributed by atoms with van der Waals surface area (Å²) in [4.78, 5) is 12.4. The highest BCUT2D eigenvalue weighted by atomic mass is 35.5. The maximum absolute atomic E-state index is 12.5. The molecule has 2 N–H and O–H groups in total. The van der Waals surface area contributed by atoms with Crippen LogP contribution < -0.4 is 10.0 Å². The van der Waals surface area contributed by atoms with Crippen molar-refractivity contribution in [3.63, 3.8) is 0 Å². The van der Waals surface area contributed by atoms with E-state index in [1.165, 1.54) is 30.7 Å². The minimum atomic E-state index is -3.80. The second-order valence-corrected chi connectivity index (χ2v) is 9.10. The highest BCUT2D eigenvalue weighted by Crippen LogP contribution is 2.28. The highest BCUT2D eigenvalue weighted by Gasteiger charge is 2.21. The van der Waals surface area contributed by atoms with Gasteiger partial charge in [-0.2, -0.15) is 0 Å². The summed E-state index contributed by atoms with van der Waals surface area (Å²) in [5.41, 5.74) is 0.824. The Kier molecular flexibility index (Phi) is 6.29. The molecule has 27 heavy (non-hydrogen) atoms. The minimum absolute atomic E-state index is 0.00335. The molecule has 2 aromatic carbocycles. The van der Waals surface area contributed by atoms with Crippen LogP contribution in [-0.2, 0) is 14.8 Å². The normalized spacial score (nSPS) is 15.3. The third kappa shape index (κ3) is 5.15. The van der Waals surface area contributed by atoms with E-state index in [2.05, 4.69) is 10.0 Å². The number of amides is 1. The van der Waals surface area contributed by atoms with E-state index in [0.29, 0.717) is 10.7 Å². The van der Waals surface area contributed by atoms with Gasteiger partial charge in [0.1, 0.15) is 0 Å². The lowest BCUT2D eigenvalue weighted by atomic mass is 9.88. The van der Waals surface area contributed by atoms with Crippen molar-refractivity contribution < 1.29 is 13.2 Å². The molecule has 1 amide bonds. The van der Waals surface area contributed by atoms with Gasteiger partial charge in [-0.25, -0.2) is 8.42 Å². The zero-order valence-corrected chi connectivity index (χ0v) is 16.9. The topological polar surface area (TPSA) is 75.3 Å². The molecular formula is C19H20Cl2N2O3S. The summed E-state index contributed by atoms with van der Waals surface area (Å²) in [6.45, 7) is 0. The van der Waals surface area contributed by atoms with Gasteiger partial charge < -0.3 is 5.32 Å². The van der Waals surface area contributed by atoms with Gasteiger partial charge in [-0.05, 0) is 55.3 Å². The molecule has 0 aromatic heterocycles. The fraction of sp³-hybridized carbons (Fsp3) is 0.316. The van der Waals surface area contributed by atoms with Gasteiger partial charge in [-0.1, -0.05) is 42.5 Å². The van der Waals surface area contributed by atoms with Crippen molar-refractivity contribution in [2.24, 2.45) is 5.92 Å². The third-order valence-corrected chi connectivity index (χ3v) is 6.51. The van der Waals surface area contributed by atoms with E-state index in [-0.39, 0.29) is 27.4 Å². The smallest absolute Gasteiger partial charge is 0.261 e. The number of carbonyl (C=O) groups is 1. The van der Waals surface area contributed by atoms with Crippen LogP contribution in [0.25, 0.3) is 0 Å². The molecule has 1 saturated carbocycles. The first-order valence-corrected chi connectivity index (χ1v) is 11.0. The average Bonchev–Trinajstić information content (AvgIpc) is 2.65. The van der Waals surface area contributed by atoms with Gasteiger partial charge in [0.05, 0.1) is 15.6 Å². The number of rotatable bonds is 5. The number of carbonyl (C=O) groups excluding carboxylic acids is 1. The van der Waals surface area contributed by atoms with Gasteiger partial charge in [-0.3, -0.25) is 9.52 Å². The van der Waals surface area contributed by atoms with Crippen molar-refractivity contribution in [1.29, 1.82) is 0 Å². The van der Waals surface area contributed by atoms with Gasteiger partial charge in [0.2, 0.25) is 5.91 Å². The van der Waals surface area contributed by atoms with Crippen molar-refractivity contribution in [3.05, 3.63) is 52.5 Å². The molecule has 0 unspecified atom stereocenters. The van der Waals surface area contributed by atoms with Crippen LogP contribution in [0.3, 0.4) is 0 Å². The predicted octanol–water partition coefficient (Wildman–Crippen LogP) is 5.31. The van der Waals surface area contributed by atoms with Gasteiger partial charge in [0, 0.05) is 16.6 Å². The lowest BCUT2D eigenvalue weighted by molar-refractivity contribution is -0.120. The number of hydrogen-bond acceptors (Lipinski definition) is 3. The van der Waals surface area contributed by atoms with E-state index in [0.717, 1.165) is 25.7 Å². The van der Waals surface area contributed by atoms with Crippen LogP contribution in [0.1, 0.15) is 32.1 Å². The minimum Gasteiger partial charge on any atom is -0.326 e. The molecule has 5 nitrogen and oxygen atoms in total. The van der Waals surface area contributed by atoms with Crippen molar-refractivity contribution >= 4 is 50.5 Å². The molecular weight excluding hydrogens is 407 g/mol. The monoisotopic (exact) mass is 426 g/mol. The average molecular weight is 427 g/mol. The van der Waals surface area contributed by atoms with Crippen molar-refractivity contribution in [1.82, 2.24) is 0 Å². The first-order chi connectivity index (χ1) is 12.8. The molecule has 144 valence electrons. The quantitative estimate of drug-likeness (QED) is 0.679. The van der Waals surface area contributed by atoms with Crippen LogP contribution in [-0.4, -0.2) is 14.3 Å². The predicted molar refractivity (Wildman–Crippen MR) is 109 cm³/mol. The maximum Gasteiger partial charge on any atom is 0.261 e. The summed E-state index contributed by atoms with van der Waals surface area (Å²) in [7, 11) is -3.80. The van der Waals surface area contributed by atoms with Crippen molar-refractivity contribution in [3.8, 4) is 0 Å². The van der Waals surface area contributed by atoms with Crippen LogP contribution in [0.4, 0.5) is 11.4 Å². The summed E-state index contributed by atoms with van der Waals surface area (Å²) in [5.74, 6) is 0.0345. The van der Waals surface area contributed by atoms with Gasteiger partial charge in [0.25, 0.3) is 10.0 Å². The lowest BCUT2D eigenvalue weighted by Gasteiger charge is -2.20. The first kappa shape index (κ1) is 20.0. The number of benzene rings is 2. The van der Waals surface area contributed by atoms with Crippen LogP contribution >= 0.6 is 23.2 Å². The molecule has 1 fully saturated rings. The summed E-state index contributed by atoms with van der Waals surface area (Å²) < 4.78 is 27.5. The van der Waals surface area contributed by atoms with E-state index in [9.17, 15) is 13.2 Å². The SMILES string of the molecule is O=C(Nc1ccc(S(=O)(=O)Nc2ccc(Cl)cc2Cl)cc1)C1CCCCC1. The Morgan fingerprint density at radius 1 is 0.963 bits per heavy atom. The zero-order valence-electron chi connectivity index (χ0n) is 14.5. The second-order valence-electron chi connectivity index (χ2n) is 6.58. The molecule has 2 aromatic rings. The molecule has 0 spiro atoms. The molecule has 8 heteroatoms. The van der Waals surface area contributed by atoms with Crippen molar-refractivity contribution in [2.75, 3.05) is 10.0 Å². The van der Waals surface area contributed by atoms with E-state index >= 15 is 0 Å². The molecule has 1 aliphatic carbocycles. The van der Waals surface area contributed by atoms with Gasteiger partial charge in [-0.15, -0.1) is 0 Å². The van der Waals surface area contributed by atoms with Crippen LogP contribution in [0.15, 0.2) is 47.4 Å². The van der Waals surface area contributed by atoms with Crippen LogP contribution in [0.2, 0.25) is 10.0 Å². The standard InChI is InChI=1S/C19H20Cl2N2O3S/c20-14-6-11-18(17(21)12-14)23-27(25,26)16-9-7-15(8-10-16)22-19(24)13-4-2-1-3-5-13/h6-13,23H,1-5H2,(H,22,24). The molecule has 0 radical (unpaired) electrons. The molecule has 1 aliphatic rings. The fourth-order valence-corrected chi connectivity index (χ4v) is 4.69. The summed E-state index contributed by atoms with van der Waals surface area (Å²) in [6, 6.07) is 10.6. The van der Waals surface area contributed by atoms with Crippen LogP contribution in [0.5, 0.6) is 0 Å². The number of anilines is 2. The zero-order chi connectivity index (χ0) is 19.4. The Bertz CT molecular complexity index is 924. The Balaban J connectivity index is 1.69. The number of nitrogens with one attached hydrogen (secondary N) is 2. The van der Waals surface area contributed by atoms with Crippen LogP contribution in [0, 0.1) is 5.92 Å². The second kappa shape index (κ2) is 8.50. The Morgan fingerprint density at radius 2 is 1.63 bits per heavy atom. The molecule has 0 heterocycles. The summed E-state index contributed by atoms with van der Waals surface area (Å²) >= 11 is 11.8.